The standard InChI is InChI=1S/C21H33N3O2/c1-22(2)20-10-9-17(16-25)12-24(15-20)21(26)8-5-11-23-13-18-6-3-4-7-19(18)14-23/h3-4,6-7,17,20,25H,5,8-16H2,1-2H3/t17-,20+/m0/s1. The fourth-order valence-corrected chi connectivity index (χ4v) is 4.20. The molecule has 1 saturated heterocycles. The molecule has 144 valence electrons. The summed E-state index contributed by atoms with van der Waals surface area (Å²) >= 11 is 0. The Hall–Kier alpha value is -1.43. The molecule has 0 radical (unpaired) electrons. The Morgan fingerprint density at radius 1 is 1.15 bits per heavy atom. The number of hydrogen-bond acceptors (Lipinski definition) is 4. The number of likely N-dealkylation sites (N-methyl/N-ethyl adjacent to an activating group) is 1. The second-order valence-electron chi connectivity index (χ2n) is 8.13. The molecule has 0 unspecified atom stereocenters. The van der Waals surface area contributed by atoms with E-state index in [4.69, 9.17) is 0 Å². The molecule has 0 aromatic heterocycles. The summed E-state index contributed by atoms with van der Waals surface area (Å²) in [4.78, 5) is 19.4. The van der Waals surface area contributed by atoms with Crippen LogP contribution in [0, 0.1) is 5.92 Å². The maximum Gasteiger partial charge on any atom is 0.222 e. The molecule has 1 fully saturated rings. The van der Waals surface area contributed by atoms with Gasteiger partial charge in [0.05, 0.1) is 0 Å². The Morgan fingerprint density at radius 3 is 2.46 bits per heavy atom. The lowest BCUT2D eigenvalue weighted by Crippen LogP contribution is -2.42. The number of amides is 1. The van der Waals surface area contributed by atoms with E-state index in [9.17, 15) is 9.90 Å². The van der Waals surface area contributed by atoms with E-state index in [1.807, 2.05) is 4.90 Å². The van der Waals surface area contributed by atoms with Crippen molar-refractivity contribution in [1.82, 2.24) is 14.7 Å². The second kappa shape index (κ2) is 8.98. The van der Waals surface area contributed by atoms with E-state index in [-0.39, 0.29) is 18.4 Å². The van der Waals surface area contributed by atoms with Crippen LogP contribution in [0.25, 0.3) is 0 Å². The fourth-order valence-electron chi connectivity index (χ4n) is 4.20. The molecule has 0 spiro atoms. The molecule has 5 heteroatoms. The summed E-state index contributed by atoms with van der Waals surface area (Å²) in [7, 11) is 4.16. The molecule has 1 N–H and O–H groups in total. The third-order valence-corrected chi connectivity index (χ3v) is 5.93. The van der Waals surface area contributed by atoms with E-state index >= 15 is 0 Å². The number of aliphatic hydroxyl groups is 1. The highest BCUT2D eigenvalue weighted by Gasteiger charge is 2.27. The maximum absolute atomic E-state index is 12.8. The minimum Gasteiger partial charge on any atom is -0.396 e. The lowest BCUT2D eigenvalue weighted by Gasteiger charge is -2.29. The number of hydrogen-bond donors (Lipinski definition) is 1. The van der Waals surface area contributed by atoms with Gasteiger partial charge in [0.2, 0.25) is 5.91 Å². The number of benzene rings is 1. The van der Waals surface area contributed by atoms with Crippen molar-refractivity contribution in [1.29, 1.82) is 0 Å². The normalized spacial score (nSPS) is 23.9. The molecular formula is C21H33N3O2. The summed E-state index contributed by atoms with van der Waals surface area (Å²) in [6.45, 7) is 4.64. The number of carbonyl (C=O) groups excluding carboxylic acids is 1. The molecule has 0 bridgehead atoms. The van der Waals surface area contributed by atoms with Gasteiger partial charge in [-0.1, -0.05) is 24.3 Å². The summed E-state index contributed by atoms with van der Waals surface area (Å²) in [5.41, 5.74) is 2.84. The van der Waals surface area contributed by atoms with Gasteiger partial charge in [-0.25, -0.2) is 0 Å². The molecule has 1 amide bonds. The largest absolute Gasteiger partial charge is 0.396 e. The molecule has 3 rings (SSSR count). The number of carbonyl (C=O) groups is 1. The number of aliphatic hydroxyl groups excluding tert-OH is 1. The predicted octanol–water partition coefficient (Wildman–Crippen LogP) is 1.94. The number of likely N-dealkylation sites (tertiary alicyclic amines) is 1. The van der Waals surface area contributed by atoms with Gasteiger partial charge in [0.15, 0.2) is 0 Å². The van der Waals surface area contributed by atoms with Crippen molar-refractivity contribution in [2.45, 2.75) is 44.8 Å². The van der Waals surface area contributed by atoms with Crippen LogP contribution in [0.15, 0.2) is 24.3 Å². The first kappa shape index (κ1) is 19.3. The van der Waals surface area contributed by atoms with Crippen LogP contribution < -0.4 is 0 Å². The highest BCUT2D eigenvalue weighted by atomic mass is 16.3. The van der Waals surface area contributed by atoms with Crippen molar-refractivity contribution in [3.8, 4) is 0 Å². The van der Waals surface area contributed by atoms with Crippen LogP contribution in [0.2, 0.25) is 0 Å². The molecule has 5 nitrogen and oxygen atoms in total. The predicted molar refractivity (Wildman–Crippen MR) is 104 cm³/mol. The lowest BCUT2D eigenvalue weighted by molar-refractivity contribution is -0.132. The van der Waals surface area contributed by atoms with E-state index in [0.717, 1.165) is 45.4 Å². The number of rotatable bonds is 6. The molecule has 2 heterocycles. The highest BCUT2D eigenvalue weighted by molar-refractivity contribution is 5.76. The van der Waals surface area contributed by atoms with Crippen molar-refractivity contribution >= 4 is 5.91 Å². The van der Waals surface area contributed by atoms with Crippen LogP contribution in [0.4, 0.5) is 0 Å². The molecule has 0 aliphatic carbocycles. The van der Waals surface area contributed by atoms with E-state index < -0.39 is 0 Å². The molecule has 2 atom stereocenters. The summed E-state index contributed by atoms with van der Waals surface area (Å²) in [6, 6.07) is 9.00. The quantitative estimate of drug-likeness (QED) is 0.843. The van der Waals surface area contributed by atoms with Crippen molar-refractivity contribution in [3.63, 3.8) is 0 Å². The Kier molecular flexibility index (Phi) is 6.68. The van der Waals surface area contributed by atoms with E-state index in [0.29, 0.717) is 19.0 Å². The van der Waals surface area contributed by atoms with Crippen LogP contribution >= 0.6 is 0 Å². The third kappa shape index (κ3) is 4.84. The average Bonchev–Trinajstić information content (AvgIpc) is 2.91. The average molecular weight is 360 g/mol. The van der Waals surface area contributed by atoms with Crippen molar-refractivity contribution in [2.24, 2.45) is 5.92 Å². The first-order chi connectivity index (χ1) is 12.6. The van der Waals surface area contributed by atoms with Crippen LogP contribution in [-0.4, -0.2) is 72.1 Å². The zero-order chi connectivity index (χ0) is 18.5. The summed E-state index contributed by atoms with van der Waals surface area (Å²) in [6.07, 6.45) is 3.55. The van der Waals surface area contributed by atoms with E-state index in [2.05, 4.69) is 48.2 Å². The van der Waals surface area contributed by atoms with Gasteiger partial charge in [-0.2, -0.15) is 0 Å². The van der Waals surface area contributed by atoms with Crippen LogP contribution in [0.3, 0.4) is 0 Å². The fraction of sp³-hybridized carbons (Fsp3) is 0.667. The monoisotopic (exact) mass is 359 g/mol. The van der Waals surface area contributed by atoms with E-state index in [1.54, 1.807) is 0 Å². The molecule has 26 heavy (non-hydrogen) atoms. The van der Waals surface area contributed by atoms with Crippen LogP contribution in [-0.2, 0) is 17.9 Å². The summed E-state index contributed by atoms with van der Waals surface area (Å²) < 4.78 is 0. The third-order valence-electron chi connectivity index (χ3n) is 5.93. The van der Waals surface area contributed by atoms with Gasteiger partial charge in [-0.05, 0) is 56.9 Å². The van der Waals surface area contributed by atoms with Crippen molar-refractivity contribution in [3.05, 3.63) is 35.4 Å². The first-order valence-corrected chi connectivity index (χ1v) is 9.91. The SMILES string of the molecule is CN(C)[C@@H]1CC[C@H](CO)CN(C(=O)CCCN2Cc3ccccc3C2)C1. The summed E-state index contributed by atoms with van der Waals surface area (Å²) in [5, 5.41) is 9.59. The van der Waals surface area contributed by atoms with Gasteiger partial charge in [-0.15, -0.1) is 0 Å². The van der Waals surface area contributed by atoms with Crippen molar-refractivity contribution < 1.29 is 9.90 Å². The van der Waals surface area contributed by atoms with Crippen molar-refractivity contribution in [2.75, 3.05) is 40.3 Å². The van der Waals surface area contributed by atoms with Gasteiger partial charge >= 0.3 is 0 Å². The zero-order valence-corrected chi connectivity index (χ0v) is 16.2. The Morgan fingerprint density at radius 2 is 1.85 bits per heavy atom. The van der Waals surface area contributed by atoms with Crippen LogP contribution in [0.5, 0.6) is 0 Å². The van der Waals surface area contributed by atoms with E-state index in [1.165, 1.54) is 11.1 Å². The lowest BCUT2D eigenvalue weighted by atomic mass is 10.0. The highest BCUT2D eigenvalue weighted by Crippen LogP contribution is 2.23. The number of fused-ring (bicyclic) bond motifs is 1. The number of nitrogens with zero attached hydrogens (tertiary/aromatic N) is 3. The molecule has 2 aliphatic heterocycles. The maximum atomic E-state index is 12.8. The Bertz CT molecular complexity index is 580. The smallest absolute Gasteiger partial charge is 0.222 e. The topological polar surface area (TPSA) is 47.0 Å². The minimum atomic E-state index is 0.177. The van der Waals surface area contributed by atoms with Crippen LogP contribution in [0.1, 0.15) is 36.8 Å². The zero-order valence-electron chi connectivity index (χ0n) is 16.2. The summed E-state index contributed by atoms with van der Waals surface area (Å²) in [5.74, 6) is 0.464. The Balaban J connectivity index is 1.47. The molecule has 1 aromatic carbocycles. The van der Waals surface area contributed by atoms with Gasteiger partial charge in [-0.3, -0.25) is 9.69 Å². The Labute approximate surface area is 157 Å². The molecule has 1 aromatic rings. The minimum absolute atomic E-state index is 0.177. The van der Waals surface area contributed by atoms with Gasteiger partial charge < -0.3 is 14.9 Å². The molecule has 2 aliphatic rings. The first-order valence-electron chi connectivity index (χ1n) is 9.91. The molecule has 0 saturated carbocycles. The van der Waals surface area contributed by atoms with Gasteiger partial charge in [0.1, 0.15) is 0 Å². The molecular weight excluding hydrogens is 326 g/mol. The second-order valence-corrected chi connectivity index (χ2v) is 8.13. The van der Waals surface area contributed by atoms with Gasteiger partial charge in [0, 0.05) is 45.2 Å². The van der Waals surface area contributed by atoms with Gasteiger partial charge in [0.25, 0.3) is 0 Å².